The fourth-order valence-corrected chi connectivity index (χ4v) is 4.15. The quantitative estimate of drug-likeness (QED) is 0.801. The van der Waals surface area contributed by atoms with Crippen LogP contribution < -0.4 is 14.9 Å². The van der Waals surface area contributed by atoms with E-state index in [0.717, 1.165) is 18.2 Å². The number of nitrogens with zero attached hydrogens (tertiary/aromatic N) is 1. The van der Waals surface area contributed by atoms with Gasteiger partial charge >= 0.3 is 0 Å². The second-order valence-corrected chi connectivity index (χ2v) is 8.12. The molecule has 26 heavy (non-hydrogen) atoms. The van der Waals surface area contributed by atoms with E-state index in [2.05, 4.69) is 10.0 Å². The molecule has 1 aliphatic heterocycles. The van der Waals surface area contributed by atoms with E-state index in [9.17, 15) is 17.6 Å². The van der Waals surface area contributed by atoms with E-state index < -0.39 is 15.8 Å². The van der Waals surface area contributed by atoms with Gasteiger partial charge in [-0.3, -0.25) is 9.52 Å². The SMILES string of the molecule is O=C1CN(c2ccc(NS(=O)(=O)c3ccc(F)c(Cl)c3)cc2Cl)CCN1. The number of amides is 1. The molecular weight excluding hydrogens is 404 g/mol. The number of carbonyl (C=O) groups excluding carboxylic acids is 1. The Hall–Kier alpha value is -2.03. The summed E-state index contributed by atoms with van der Waals surface area (Å²) in [4.78, 5) is 13.1. The third-order valence-corrected chi connectivity index (χ3v) is 5.75. The fourth-order valence-electron chi connectivity index (χ4n) is 2.53. The lowest BCUT2D eigenvalue weighted by Crippen LogP contribution is -2.47. The average Bonchev–Trinajstić information content (AvgIpc) is 2.57. The van der Waals surface area contributed by atoms with Gasteiger partial charge in [-0.05, 0) is 36.4 Å². The third kappa shape index (κ3) is 4.03. The smallest absolute Gasteiger partial charge is 0.261 e. The second-order valence-electron chi connectivity index (χ2n) is 5.62. The summed E-state index contributed by atoms with van der Waals surface area (Å²) in [6, 6.07) is 7.75. The van der Waals surface area contributed by atoms with Crippen LogP contribution in [0.2, 0.25) is 10.0 Å². The highest BCUT2D eigenvalue weighted by molar-refractivity contribution is 7.92. The molecule has 6 nitrogen and oxygen atoms in total. The lowest BCUT2D eigenvalue weighted by molar-refractivity contribution is -0.120. The first-order valence-electron chi connectivity index (χ1n) is 7.55. The molecule has 0 aromatic heterocycles. The topological polar surface area (TPSA) is 78.5 Å². The third-order valence-electron chi connectivity index (χ3n) is 3.78. The number of hydrogen-bond acceptors (Lipinski definition) is 4. The molecule has 0 atom stereocenters. The number of nitrogens with one attached hydrogen (secondary N) is 2. The number of hydrogen-bond donors (Lipinski definition) is 2. The van der Waals surface area contributed by atoms with Gasteiger partial charge in [-0.25, -0.2) is 12.8 Å². The molecule has 0 saturated carbocycles. The molecule has 0 aliphatic carbocycles. The van der Waals surface area contributed by atoms with Gasteiger partial charge in [0.15, 0.2) is 0 Å². The first-order chi connectivity index (χ1) is 12.3. The molecule has 0 spiro atoms. The fraction of sp³-hybridized carbons (Fsp3) is 0.188. The van der Waals surface area contributed by atoms with Gasteiger partial charge < -0.3 is 10.2 Å². The molecule has 1 saturated heterocycles. The molecule has 1 fully saturated rings. The van der Waals surface area contributed by atoms with Crippen molar-refractivity contribution in [1.29, 1.82) is 0 Å². The van der Waals surface area contributed by atoms with E-state index in [-0.39, 0.29) is 28.1 Å². The molecule has 138 valence electrons. The highest BCUT2D eigenvalue weighted by Crippen LogP contribution is 2.30. The highest BCUT2D eigenvalue weighted by Gasteiger charge is 2.20. The molecule has 10 heteroatoms. The van der Waals surface area contributed by atoms with Crippen LogP contribution >= 0.6 is 23.2 Å². The summed E-state index contributed by atoms with van der Waals surface area (Å²) in [6.07, 6.45) is 0. The largest absolute Gasteiger partial charge is 0.359 e. The number of rotatable bonds is 4. The van der Waals surface area contributed by atoms with E-state index in [1.165, 1.54) is 12.1 Å². The van der Waals surface area contributed by atoms with Crippen molar-refractivity contribution in [3.05, 3.63) is 52.3 Å². The van der Waals surface area contributed by atoms with E-state index in [0.29, 0.717) is 23.8 Å². The molecule has 0 bridgehead atoms. The summed E-state index contributed by atoms with van der Waals surface area (Å²) in [5.41, 5.74) is 0.870. The van der Waals surface area contributed by atoms with Crippen LogP contribution in [0, 0.1) is 5.82 Å². The minimum absolute atomic E-state index is 0.106. The zero-order valence-electron chi connectivity index (χ0n) is 13.3. The molecule has 2 N–H and O–H groups in total. The Morgan fingerprint density at radius 3 is 2.54 bits per heavy atom. The number of benzene rings is 2. The Morgan fingerprint density at radius 1 is 1.12 bits per heavy atom. The molecule has 2 aromatic rings. The van der Waals surface area contributed by atoms with Gasteiger partial charge in [-0.15, -0.1) is 0 Å². The summed E-state index contributed by atoms with van der Waals surface area (Å²) in [5.74, 6) is -0.811. The maximum absolute atomic E-state index is 13.2. The van der Waals surface area contributed by atoms with E-state index in [1.807, 2.05) is 0 Å². The summed E-state index contributed by atoms with van der Waals surface area (Å²) >= 11 is 11.9. The standard InChI is InChI=1S/C16H14Cl2FN3O3S/c17-12-8-11(2-3-14(12)19)26(24,25)21-10-1-4-15(13(18)7-10)22-6-5-20-16(23)9-22/h1-4,7-8,21H,5-6,9H2,(H,20,23). The molecular formula is C16H14Cl2FN3O3S. The van der Waals surface area contributed by atoms with Crippen LogP contribution in [0.5, 0.6) is 0 Å². The minimum atomic E-state index is -3.95. The Labute approximate surface area is 159 Å². The predicted molar refractivity (Wildman–Crippen MR) is 98.9 cm³/mol. The number of halogens is 3. The van der Waals surface area contributed by atoms with Crippen molar-refractivity contribution >= 4 is 50.5 Å². The minimum Gasteiger partial charge on any atom is -0.359 e. The second kappa shape index (κ2) is 7.30. The van der Waals surface area contributed by atoms with Crippen LogP contribution in [0.3, 0.4) is 0 Å². The zero-order valence-corrected chi connectivity index (χ0v) is 15.6. The number of carbonyl (C=O) groups is 1. The summed E-state index contributed by atoms with van der Waals surface area (Å²) in [6.45, 7) is 1.29. The van der Waals surface area contributed by atoms with Crippen LogP contribution in [-0.2, 0) is 14.8 Å². The van der Waals surface area contributed by atoms with E-state index in [4.69, 9.17) is 23.2 Å². The first kappa shape index (κ1) is 18.8. The van der Waals surface area contributed by atoms with Crippen LogP contribution in [0.25, 0.3) is 0 Å². The molecule has 1 amide bonds. The van der Waals surface area contributed by atoms with Gasteiger partial charge in [-0.2, -0.15) is 0 Å². The van der Waals surface area contributed by atoms with E-state index in [1.54, 1.807) is 11.0 Å². The number of piperazine rings is 1. The molecule has 3 rings (SSSR count). The maximum atomic E-state index is 13.2. The monoisotopic (exact) mass is 417 g/mol. The molecule has 0 radical (unpaired) electrons. The van der Waals surface area contributed by atoms with Crippen molar-refractivity contribution < 1.29 is 17.6 Å². The maximum Gasteiger partial charge on any atom is 0.261 e. The predicted octanol–water partition coefficient (Wildman–Crippen LogP) is 2.87. The lowest BCUT2D eigenvalue weighted by atomic mass is 10.2. The average molecular weight is 418 g/mol. The van der Waals surface area contributed by atoms with Gasteiger partial charge in [0.1, 0.15) is 5.82 Å². The van der Waals surface area contributed by atoms with Crippen molar-refractivity contribution in [3.63, 3.8) is 0 Å². The van der Waals surface area contributed by atoms with Crippen molar-refractivity contribution in [2.45, 2.75) is 4.90 Å². The number of anilines is 2. The Kier molecular flexibility index (Phi) is 5.27. The normalized spacial score (nSPS) is 14.9. The lowest BCUT2D eigenvalue weighted by Gasteiger charge is -2.29. The van der Waals surface area contributed by atoms with Crippen LogP contribution in [0.4, 0.5) is 15.8 Å². The highest BCUT2D eigenvalue weighted by atomic mass is 35.5. The summed E-state index contributed by atoms with van der Waals surface area (Å²) < 4.78 is 40.4. The summed E-state index contributed by atoms with van der Waals surface area (Å²) in [5, 5.41) is 2.73. The van der Waals surface area contributed by atoms with Gasteiger partial charge in [0.2, 0.25) is 5.91 Å². The Bertz CT molecular complexity index is 969. The van der Waals surface area contributed by atoms with Gasteiger partial charge in [0, 0.05) is 13.1 Å². The molecule has 0 unspecified atom stereocenters. The zero-order chi connectivity index (χ0) is 18.9. The van der Waals surface area contributed by atoms with Crippen molar-refractivity contribution in [2.24, 2.45) is 0 Å². The van der Waals surface area contributed by atoms with Crippen LogP contribution in [-0.4, -0.2) is 34.0 Å². The van der Waals surface area contributed by atoms with E-state index >= 15 is 0 Å². The molecule has 1 aliphatic rings. The van der Waals surface area contributed by atoms with Gasteiger partial charge in [0.05, 0.1) is 32.9 Å². The number of sulfonamides is 1. The van der Waals surface area contributed by atoms with Crippen molar-refractivity contribution in [1.82, 2.24) is 5.32 Å². The van der Waals surface area contributed by atoms with Crippen LogP contribution in [0.1, 0.15) is 0 Å². The Balaban J connectivity index is 1.82. The molecule has 1 heterocycles. The van der Waals surface area contributed by atoms with Gasteiger partial charge in [-0.1, -0.05) is 23.2 Å². The van der Waals surface area contributed by atoms with Gasteiger partial charge in [0.25, 0.3) is 10.0 Å². The first-order valence-corrected chi connectivity index (χ1v) is 9.79. The van der Waals surface area contributed by atoms with Crippen LogP contribution in [0.15, 0.2) is 41.3 Å². The summed E-state index contributed by atoms with van der Waals surface area (Å²) in [7, 11) is -3.95. The van der Waals surface area contributed by atoms with Crippen molar-refractivity contribution in [2.75, 3.05) is 29.3 Å². The Morgan fingerprint density at radius 2 is 1.88 bits per heavy atom. The molecule has 2 aromatic carbocycles. The van der Waals surface area contributed by atoms with Crippen molar-refractivity contribution in [3.8, 4) is 0 Å².